The number of rotatable bonds is 6. The zero-order chi connectivity index (χ0) is 14.3. The van der Waals surface area contributed by atoms with Crippen LogP contribution in [0.1, 0.15) is 65.2 Å². The summed E-state index contributed by atoms with van der Waals surface area (Å²) in [4.78, 5) is 23.0. The molecular formula is C14H26N2O3. The summed E-state index contributed by atoms with van der Waals surface area (Å²) >= 11 is 0. The maximum Gasteiger partial charge on any atom is 0.315 e. The van der Waals surface area contributed by atoms with Gasteiger partial charge in [0.15, 0.2) is 0 Å². The Balaban J connectivity index is 2.56. The van der Waals surface area contributed by atoms with Gasteiger partial charge in [-0.15, -0.1) is 0 Å². The normalized spacial score (nSPS) is 19.5. The van der Waals surface area contributed by atoms with Crippen molar-refractivity contribution in [3.8, 4) is 0 Å². The van der Waals surface area contributed by atoms with Crippen LogP contribution < -0.4 is 10.6 Å². The molecule has 0 aromatic carbocycles. The predicted octanol–water partition coefficient (Wildman–Crippen LogP) is 2.65. The number of carboxylic acids is 1. The molecule has 0 spiro atoms. The molecule has 5 nitrogen and oxygen atoms in total. The fraction of sp³-hybridized carbons (Fsp3) is 0.857. The van der Waals surface area contributed by atoms with Gasteiger partial charge in [0.25, 0.3) is 0 Å². The molecule has 2 amide bonds. The quantitative estimate of drug-likeness (QED) is 0.694. The summed E-state index contributed by atoms with van der Waals surface area (Å²) in [6, 6.07) is -0.112. The number of carboxylic acid groups (broad SMARTS) is 1. The highest BCUT2D eigenvalue weighted by atomic mass is 16.4. The van der Waals surface area contributed by atoms with Crippen molar-refractivity contribution in [3.05, 3.63) is 0 Å². The van der Waals surface area contributed by atoms with Crippen LogP contribution in [-0.4, -0.2) is 28.7 Å². The summed E-state index contributed by atoms with van der Waals surface area (Å²) in [5.74, 6) is -0.844. The van der Waals surface area contributed by atoms with Crippen LogP contribution >= 0.6 is 0 Å². The van der Waals surface area contributed by atoms with E-state index in [9.17, 15) is 9.59 Å². The van der Waals surface area contributed by atoms with Crippen LogP contribution in [-0.2, 0) is 4.79 Å². The van der Waals surface area contributed by atoms with Crippen molar-refractivity contribution in [2.75, 3.05) is 0 Å². The molecule has 0 aromatic rings. The summed E-state index contributed by atoms with van der Waals surface area (Å²) < 4.78 is 0. The maximum atomic E-state index is 12.0. The molecule has 1 fully saturated rings. The number of amides is 2. The van der Waals surface area contributed by atoms with E-state index >= 15 is 0 Å². The van der Waals surface area contributed by atoms with Crippen LogP contribution in [0.4, 0.5) is 4.79 Å². The predicted molar refractivity (Wildman–Crippen MR) is 74.1 cm³/mol. The van der Waals surface area contributed by atoms with Gasteiger partial charge in [-0.2, -0.15) is 0 Å². The smallest absolute Gasteiger partial charge is 0.315 e. The molecule has 1 saturated carbocycles. The van der Waals surface area contributed by atoms with Crippen molar-refractivity contribution in [1.82, 2.24) is 10.6 Å². The lowest BCUT2D eigenvalue weighted by molar-refractivity contribution is -0.139. The first kappa shape index (κ1) is 15.8. The van der Waals surface area contributed by atoms with Crippen molar-refractivity contribution in [2.45, 2.75) is 76.8 Å². The Morgan fingerprint density at radius 1 is 1.26 bits per heavy atom. The van der Waals surface area contributed by atoms with Gasteiger partial charge in [-0.25, -0.2) is 4.79 Å². The number of aliphatic carboxylic acids is 1. The molecule has 110 valence electrons. The Hall–Kier alpha value is -1.26. The monoisotopic (exact) mass is 270 g/mol. The molecule has 0 aromatic heterocycles. The van der Waals surface area contributed by atoms with Gasteiger partial charge in [0.2, 0.25) is 0 Å². The van der Waals surface area contributed by atoms with Gasteiger partial charge < -0.3 is 15.7 Å². The van der Waals surface area contributed by atoms with E-state index in [0.717, 1.165) is 44.9 Å². The molecule has 5 heteroatoms. The minimum absolute atomic E-state index is 0.0164. The zero-order valence-corrected chi connectivity index (χ0v) is 12.0. The third-order valence-corrected chi connectivity index (χ3v) is 3.78. The highest BCUT2D eigenvalue weighted by Gasteiger charge is 2.35. The topological polar surface area (TPSA) is 78.4 Å². The van der Waals surface area contributed by atoms with Crippen LogP contribution in [0.25, 0.3) is 0 Å². The Morgan fingerprint density at radius 2 is 1.89 bits per heavy atom. The second-order valence-corrected chi connectivity index (χ2v) is 5.70. The summed E-state index contributed by atoms with van der Waals surface area (Å²) in [6.45, 7) is 4.04. The minimum Gasteiger partial charge on any atom is -0.481 e. The van der Waals surface area contributed by atoms with Gasteiger partial charge in [0, 0.05) is 6.04 Å². The molecule has 1 aliphatic rings. The molecule has 0 saturated heterocycles. The van der Waals surface area contributed by atoms with Gasteiger partial charge in [-0.3, -0.25) is 4.79 Å². The lowest BCUT2D eigenvalue weighted by atomic mass is 9.79. The molecule has 1 atom stereocenters. The average Bonchev–Trinajstić information content (AvgIpc) is 2.28. The Kier molecular flexibility index (Phi) is 6.12. The summed E-state index contributed by atoms with van der Waals surface area (Å²) in [5.41, 5.74) is -0.555. The van der Waals surface area contributed by atoms with E-state index in [1.54, 1.807) is 0 Å². The van der Waals surface area contributed by atoms with Gasteiger partial charge in [0.05, 0.1) is 12.0 Å². The Labute approximate surface area is 115 Å². The van der Waals surface area contributed by atoms with E-state index < -0.39 is 11.5 Å². The first-order valence-corrected chi connectivity index (χ1v) is 7.28. The standard InChI is InChI=1S/C14H26N2O3/c1-3-7-11(2)15-13(19)16-14(10-12(17)18)8-5-4-6-9-14/h11H,3-10H2,1-2H3,(H,17,18)(H2,15,16,19). The highest BCUT2D eigenvalue weighted by molar-refractivity contribution is 5.77. The van der Waals surface area contributed by atoms with E-state index in [4.69, 9.17) is 5.11 Å². The van der Waals surface area contributed by atoms with Crippen molar-refractivity contribution in [2.24, 2.45) is 0 Å². The van der Waals surface area contributed by atoms with Crippen LogP contribution in [0.2, 0.25) is 0 Å². The molecule has 1 rings (SSSR count). The maximum absolute atomic E-state index is 12.0. The van der Waals surface area contributed by atoms with Crippen molar-refractivity contribution in [1.29, 1.82) is 0 Å². The zero-order valence-electron chi connectivity index (χ0n) is 12.0. The van der Waals surface area contributed by atoms with E-state index in [1.807, 2.05) is 6.92 Å². The number of nitrogens with one attached hydrogen (secondary N) is 2. The first-order valence-electron chi connectivity index (χ1n) is 7.28. The third kappa shape index (κ3) is 5.49. The van der Waals surface area contributed by atoms with Crippen LogP contribution in [0.3, 0.4) is 0 Å². The Bertz CT molecular complexity index is 312. The SMILES string of the molecule is CCCC(C)NC(=O)NC1(CC(=O)O)CCCCC1. The summed E-state index contributed by atoms with van der Waals surface area (Å²) in [7, 11) is 0. The number of carbonyl (C=O) groups excluding carboxylic acids is 1. The number of hydrogen-bond acceptors (Lipinski definition) is 2. The number of hydrogen-bond donors (Lipinski definition) is 3. The molecular weight excluding hydrogens is 244 g/mol. The van der Waals surface area contributed by atoms with Crippen molar-refractivity contribution < 1.29 is 14.7 Å². The highest BCUT2D eigenvalue weighted by Crippen LogP contribution is 2.31. The van der Waals surface area contributed by atoms with E-state index in [1.165, 1.54) is 0 Å². The Morgan fingerprint density at radius 3 is 2.42 bits per heavy atom. The number of carbonyl (C=O) groups is 2. The summed E-state index contributed by atoms with van der Waals surface area (Å²) in [6.07, 6.45) is 6.57. The van der Waals surface area contributed by atoms with E-state index in [-0.39, 0.29) is 18.5 Å². The van der Waals surface area contributed by atoms with E-state index in [0.29, 0.717) is 0 Å². The molecule has 0 aliphatic heterocycles. The average molecular weight is 270 g/mol. The molecule has 0 heterocycles. The van der Waals surface area contributed by atoms with Crippen molar-refractivity contribution >= 4 is 12.0 Å². The second kappa shape index (κ2) is 7.36. The molecule has 3 N–H and O–H groups in total. The first-order chi connectivity index (χ1) is 8.97. The fourth-order valence-corrected chi connectivity index (χ4v) is 2.87. The second-order valence-electron chi connectivity index (χ2n) is 5.70. The summed E-state index contributed by atoms with van der Waals surface area (Å²) in [5, 5.41) is 14.8. The van der Waals surface area contributed by atoms with Crippen LogP contribution in [0.5, 0.6) is 0 Å². The fourth-order valence-electron chi connectivity index (χ4n) is 2.87. The van der Waals surface area contributed by atoms with Crippen molar-refractivity contribution in [3.63, 3.8) is 0 Å². The lowest BCUT2D eigenvalue weighted by Gasteiger charge is -2.37. The molecule has 0 bridgehead atoms. The molecule has 0 radical (unpaired) electrons. The minimum atomic E-state index is -0.844. The van der Waals surface area contributed by atoms with Gasteiger partial charge in [-0.1, -0.05) is 32.6 Å². The van der Waals surface area contributed by atoms with Gasteiger partial charge >= 0.3 is 12.0 Å². The largest absolute Gasteiger partial charge is 0.481 e. The van der Waals surface area contributed by atoms with Gasteiger partial charge in [-0.05, 0) is 26.2 Å². The molecule has 1 unspecified atom stereocenters. The van der Waals surface area contributed by atoms with Crippen LogP contribution in [0.15, 0.2) is 0 Å². The van der Waals surface area contributed by atoms with E-state index in [2.05, 4.69) is 17.6 Å². The number of urea groups is 1. The molecule has 19 heavy (non-hydrogen) atoms. The third-order valence-electron chi connectivity index (χ3n) is 3.78. The lowest BCUT2D eigenvalue weighted by Crippen LogP contribution is -2.55. The van der Waals surface area contributed by atoms with Gasteiger partial charge in [0.1, 0.15) is 0 Å². The van der Waals surface area contributed by atoms with Crippen LogP contribution in [0, 0.1) is 0 Å². The molecule has 1 aliphatic carbocycles.